The second kappa shape index (κ2) is 3.75. The van der Waals surface area contributed by atoms with Crippen LogP contribution in [0.3, 0.4) is 0 Å². The minimum atomic E-state index is -1.31. The quantitative estimate of drug-likeness (QED) is 0.422. The number of nitrogens with zero attached hydrogens (tertiary/aromatic N) is 2. The Labute approximate surface area is 85.5 Å². The maximum atomic E-state index is 10.3. The van der Waals surface area contributed by atoms with Crippen LogP contribution in [-0.2, 0) is 7.05 Å². The number of nitrogen functional groups attached to an aromatic ring is 1. The molecule has 6 heteroatoms. The maximum Gasteiger partial charge on any atom is 1.00 e. The second-order valence-corrected chi connectivity index (χ2v) is 1.88. The van der Waals surface area contributed by atoms with Crippen LogP contribution in [0, 0.1) is 0 Å². The van der Waals surface area contributed by atoms with Gasteiger partial charge in [-0.05, 0) is 0 Å². The van der Waals surface area contributed by atoms with Crippen molar-refractivity contribution in [3.05, 3.63) is 12.0 Å². The zero-order valence-electron chi connectivity index (χ0n) is 6.37. The Morgan fingerprint density at radius 3 is 2.55 bits per heavy atom. The number of imidazole rings is 1. The fraction of sp³-hybridized carbons (Fsp3) is 0.200. The van der Waals surface area contributed by atoms with Crippen LogP contribution in [0.2, 0.25) is 0 Å². The van der Waals surface area contributed by atoms with Crippen molar-refractivity contribution >= 4 is 11.8 Å². The van der Waals surface area contributed by atoms with Gasteiger partial charge in [-0.15, -0.1) is 0 Å². The summed E-state index contributed by atoms with van der Waals surface area (Å²) in [6.45, 7) is 0. The van der Waals surface area contributed by atoms with Crippen molar-refractivity contribution in [2.75, 3.05) is 5.73 Å². The van der Waals surface area contributed by atoms with E-state index >= 15 is 0 Å². The van der Waals surface area contributed by atoms with Crippen LogP contribution in [-0.4, -0.2) is 15.5 Å². The maximum absolute atomic E-state index is 10.3. The Bertz CT molecular complexity index is 251. The monoisotopic (exact) mass is 163 g/mol. The number of carbonyl (C=O) groups excluding carboxylic acids is 1. The van der Waals surface area contributed by atoms with Gasteiger partial charge in [0.2, 0.25) is 0 Å². The summed E-state index contributed by atoms with van der Waals surface area (Å²) in [5.41, 5.74) is 5.11. The summed E-state index contributed by atoms with van der Waals surface area (Å²) in [5, 5.41) is 10.3. The van der Waals surface area contributed by atoms with Gasteiger partial charge in [0.1, 0.15) is 5.69 Å². The summed E-state index contributed by atoms with van der Waals surface area (Å²) in [6, 6.07) is 0. The van der Waals surface area contributed by atoms with Crippen LogP contribution in [0.1, 0.15) is 10.5 Å². The van der Waals surface area contributed by atoms with E-state index in [0.29, 0.717) is 0 Å². The molecule has 0 aliphatic carbocycles. The minimum absolute atomic E-state index is 0. The van der Waals surface area contributed by atoms with Crippen molar-refractivity contribution in [3.8, 4) is 0 Å². The Balaban J connectivity index is 0.000001000. The third-order valence-corrected chi connectivity index (χ3v) is 1.16. The largest absolute Gasteiger partial charge is 1.00 e. The van der Waals surface area contributed by atoms with Crippen molar-refractivity contribution in [3.63, 3.8) is 0 Å². The number of carboxylic acid groups (broad SMARTS) is 1. The van der Waals surface area contributed by atoms with E-state index in [4.69, 9.17) is 5.73 Å². The fourth-order valence-electron chi connectivity index (χ4n) is 0.697. The predicted octanol–water partition coefficient (Wildman–Crippen LogP) is -4.63. The van der Waals surface area contributed by atoms with Crippen molar-refractivity contribution in [2.45, 2.75) is 0 Å². The molecule has 1 heterocycles. The molecule has 0 saturated carbocycles. The minimum Gasteiger partial charge on any atom is -0.543 e. The molecular formula is C5H6N3NaO2. The molecule has 0 saturated heterocycles. The predicted molar refractivity (Wildman–Crippen MR) is 32.0 cm³/mol. The van der Waals surface area contributed by atoms with Gasteiger partial charge in [-0.2, -0.15) is 0 Å². The molecule has 0 aliphatic rings. The Morgan fingerprint density at radius 2 is 2.36 bits per heavy atom. The molecule has 1 rings (SSSR count). The normalized spacial score (nSPS) is 8.82. The van der Waals surface area contributed by atoms with E-state index in [1.807, 2.05) is 0 Å². The van der Waals surface area contributed by atoms with Crippen molar-refractivity contribution in [1.29, 1.82) is 0 Å². The summed E-state index contributed by atoms with van der Waals surface area (Å²) < 4.78 is 1.30. The van der Waals surface area contributed by atoms with Crippen molar-refractivity contribution < 1.29 is 39.5 Å². The van der Waals surface area contributed by atoms with E-state index < -0.39 is 5.97 Å². The molecule has 0 unspecified atom stereocenters. The van der Waals surface area contributed by atoms with Crippen LogP contribution in [0.5, 0.6) is 0 Å². The fourth-order valence-corrected chi connectivity index (χ4v) is 0.697. The average Bonchev–Trinajstić information content (AvgIpc) is 2.11. The summed E-state index contributed by atoms with van der Waals surface area (Å²) in [4.78, 5) is 13.8. The van der Waals surface area contributed by atoms with Gasteiger partial charge in [0.25, 0.3) is 0 Å². The number of aromatic carboxylic acids is 1. The molecule has 1 aromatic heterocycles. The van der Waals surface area contributed by atoms with Gasteiger partial charge >= 0.3 is 29.6 Å². The number of hydrogen-bond acceptors (Lipinski definition) is 4. The molecular weight excluding hydrogens is 157 g/mol. The van der Waals surface area contributed by atoms with E-state index in [1.165, 1.54) is 17.9 Å². The molecule has 0 atom stereocenters. The first-order chi connectivity index (χ1) is 4.63. The number of nitrogens with two attached hydrogens (primary N) is 1. The zero-order chi connectivity index (χ0) is 7.72. The van der Waals surface area contributed by atoms with Crippen LogP contribution in [0.4, 0.5) is 5.82 Å². The molecule has 0 fully saturated rings. The molecule has 0 bridgehead atoms. The summed E-state index contributed by atoms with van der Waals surface area (Å²) >= 11 is 0. The molecule has 5 nitrogen and oxygen atoms in total. The van der Waals surface area contributed by atoms with Crippen LogP contribution < -0.4 is 40.4 Å². The van der Waals surface area contributed by atoms with Gasteiger partial charge in [0.15, 0.2) is 5.82 Å². The van der Waals surface area contributed by atoms with E-state index in [1.54, 1.807) is 0 Å². The second-order valence-electron chi connectivity index (χ2n) is 1.88. The number of carboxylic acids is 1. The van der Waals surface area contributed by atoms with Crippen molar-refractivity contribution in [2.24, 2.45) is 7.05 Å². The third kappa shape index (κ3) is 1.95. The van der Waals surface area contributed by atoms with Crippen LogP contribution in [0.25, 0.3) is 0 Å². The molecule has 0 aromatic carbocycles. The van der Waals surface area contributed by atoms with Gasteiger partial charge in [0, 0.05) is 7.05 Å². The molecule has 0 spiro atoms. The smallest absolute Gasteiger partial charge is 0.543 e. The number of aryl methyl sites for hydroxylation is 1. The van der Waals surface area contributed by atoms with E-state index in [-0.39, 0.29) is 41.1 Å². The van der Waals surface area contributed by atoms with Crippen LogP contribution in [0.15, 0.2) is 6.33 Å². The molecule has 0 radical (unpaired) electrons. The number of anilines is 1. The number of aromatic nitrogens is 2. The molecule has 0 aliphatic heterocycles. The first-order valence-corrected chi connectivity index (χ1v) is 2.61. The van der Waals surface area contributed by atoms with Crippen molar-refractivity contribution in [1.82, 2.24) is 9.55 Å². The number of rotatable bonds is 1. The molecule has 54 valence electrons. The summed E-state index contributed by atoms with van der Waals surface area (Å²) in [7, 11) is 1.54. The molecule has 1 aromatic rings. The Morgan fingerprint density at radius 1 is 1.82 bits per heavy atom. The topological polar surface area (TPSA) is 84.0 Å². The van der Waals surface area contributed by atoms with E-state index in [9.17, 15) is 9.90 Å². The van der Waals surface area contributed by atoms with Gasteiger partial charge < -0.3 is 20.2 Å². The van der Waals surface area contributed by atoms with Gasteiger partial charge in [0.05, 0.1) is 12.3 Å². The SMILES string of the molecule is Cn1cnc(N)c1C(=O)[O-].[Na+]. The number of hydrogen-bond donors (Lipinski definition) is 1. The third-order valence-electron chi connectivity index (χ3n) is 1.16. The molecule has 11 heavy (non-hydrogen) atoms. The zero-order valence-corrected chi connectivity index (χ0v) is 8.37. The average molecular weight is 163 g/mol. The van der Waals surface area contributed by atoms with E-state index in [0.717, 1.165) is 0 Å². The Hall–Kier alpha value is -0.520. The van der Waals surface area contributed by atoms with Crippen LogP contribution >= 0.6 is 0 Å². The first kappa shape index (κ1) is 10.5. The van der Waals surface area contributed by atoms with Gasteiger partial charge in [-0.25, -0.2) is 4.98 Å². The van der Waals surface area contributed by atoms with E-state index in [2.05, 4.69) is 4.98 Å². The standard InChI is InChI=1S/C5H7N3O2.Na/c1-8-2-7-4(6)3(8)5(9)10;/h2H,6H2,1H3,(H,9,10);/q;+1/p-1. The first-order valence-electron chi connectivity index (χ1n) is 2.61. The molecule has 2 N–H and O–H groups in total. The number of carbonyl (C=O) groups is 1. The Kier molecular flexibility index (Phi) is 3.57. The summed E-state index contributed by atoms with van der Waals surface area (Å²) in [6.07, 6.45) is 1.32. The van der Waals surface area contributed by atoms with Gasteiger partial charge in [-0.3, -0.25) is 0 Å². The van der Waals surface area contributed by atoms with Gasteiger partial charge in [-0.1, -0.05) is 0 Å². The summed E-state index contributed by atoms with van der Waals surface area (Å²) in [5.74, 6) is -1.32. The molecule has 0 amide bonds.